The van der Waals surface area contributed by atoms with E-state index in [0.717, 1.165) is 0 Å². The Labute approximate surface area is 105 Å². The molecule has 1 fully saturated rings. The average Bonchev–Trinajstić information content (AvgIpc) is 2.47. The first-order valence-electron chi connectivity index (χ1n) is 5.92. The first kappa shape index (κ1) is 12.5. The average molecular weight is 248 g/mol. The lowest BCUT2D eigenvalue weighted by atomic mass is 9.96. The Bertz CT molecular complexity index is 427. The Hall–Kier alpha value is -1.95. The Morgan fingerprint density at radius 3 is 2.44 bits per heavy atom. The standard InChI is InChI=1S/C12H16N4O2/c13-15-11(17)9-3-7-16(8-4-9)12(18)10-1-5-14-6-2-10/h1-2,5-6,9H,3-4,7-8,13H2,(H,15,17). The Kier molecular flexibility index (Phi) is 3.88. The first-order valence-corrected chi connectivity index (χ1v) is 5.92. The largest absolute Gasteiger partial charge is 0.339 e. The summed E-state index contributed by atoms with van der Waals surface area (Å²) in [5.41, 5.74) is 2.79. The van der Waals surface area contributed by atoms with E-state index in [9.17, 15) is 9.59 Å². The third-order valence-corrected chi connectivity index (χ3v) is 3.22. The number of carbonyl (C=O) groups is 2. The van der Waals surface area contributed by atoms with Crippen LogP contribution in [0, 0.1) is 5.92 Å². The molecule has 1 aromatic rings. The molecule has 96 valence electrons. The lowest BCUT2D eigenvalue weighted by molar-refractivity contribution is -0.126. The highest BCUT2D eigenvalue weighted by Gasteiger charge is 2.27. The summed E-state index contributed by atoms with van der Waals surface area (Å²) in [7, 11) is 0. The number of nitrogens with one attached hydrogen (secondary N) is 1. The van der Waals surface area contributed by atoms with Gasteiger partial charge in [0.05, 0.1) is 0 Å². The van der Waals surface area contributed by atoms with Gasteiger partial charge in [-0.2, -0.15) is 0 Å². The van der Waals surface area contributed by atoms with Gasteiger partial charge in [-0.05, 0) is 25.0 Å². The quantitative estimate of drug-likeness (QED) is 0.435. The van der Waals surface area contributed by atoms with Crippen molar-refractivity contribution in [1.29, 1.82) is 0 Å². The Balaban J connectivity index is 1.94. The fraction of sp³-hybridized carbons (Fsp3) is 0.417. The van der Waals surface area contributed by atoms with E-state index in [0.29, 0.717) is 31.5 Å². The van der Waals surface area contributed by atoms with Crippen molar-refractivity contribution < 1.29 is 9.59 Å². The van der Waals surface area contributed by atoms with E-state index in [-0.39, 0.29) is 17.7 Å². The number of rotatable bonds is 2. The van der Waals surface area contributed by atoms with Gasteiger partial charge < -0.3 is 4.90 Å². The predicted octanol–water partition coefficient (Wildman–Crippen LogP) is -0.0763. The van der Waals surface area contributed by atoms with E-state index in [1.807, 2.05) is 0 Å². The molecular formula is C12H16N4O2. The second-order valence-corrected chi connectivity index (χ2v) is 4.31. The van der Waals surface area contributed by atoms with E-state index >= 15 is 0 Å². The van der Waals surface area contributed by atoms with Gasteiger partial charge in [0.2, 0.25) is 5.91 Å². The number of hydrazine groups is 1. The van der Waals surface area contributed by atoms with Crippen LogP contribution in [0.4, 0.5) is 0 Å². The minimum absolute atomic E-state index is 0.0102. The van der Waals surface area contributed by atoms with Gasteiger partial charge >= 0.3 is 0 Å². The van der Waals surface area contributed by atoms with E-state index in [4.69, 9.17) is 5.84 Å². The fourth-order valence-electron chi connectivity index (χ4n) is 2.14. The number of hydrogen-bond donors (Lipinski definition) is 2. The Morgan fingerprint density at radius 2 is 1.89 bits per heavy atom. The molecule has 0 bridgehead atoms. The van der Waals surface area contributed by atoms with Crippen LogP contribution in [-0.2, 0) is 4.79 Å². The Morgan fingerprint density at radius 1 is 1.28 bits per heavy atom. The molecule has 1 saturated heterocycles. The van der Waals surface area contributed by atoms with Gasteiger partial charge in [0.25, 0.3) is 5.91 Å². The number of pyridine rings is 1. The topological polar surface area (TPSA) is 88.3 Å². The van der Waals surface area contributed by atoms with Crippen molar-refractivity contribution in [2.75, 3.05) is 13.1 Å². The first-order chi connectivity index (χ1) is 8.72. The van der Waals surface area contributed by atoms with Crippen molar-refractivity contribution in [3.8, 4) is 0 Å². The summed E-state index contributed by atoms with van der Waals surface area (Å²) in [6.45, 7) is 1.17. The van der Waals surface area contributed by atoms with Gasteiger partial charge in [-0.25, -0.2) is 5.84 Å². The third kappa shape index (κ3) is 2.65. The maximum Gasteiger partial charge on any atom is 0.253 e. The zero-order valence-electron chi connectivity index (χ0n) is 10.0. The van der Waals surface area contributed by atoms with Crippen LogP contribution in [0.3, 0.4) is 0 Å². The summed E-state index contributed by atoms with van der Waals surface area (Å²) in [5, 5.41) is 0. The molecule has 3 N–H and O–H groups in total. The van der Waals surface area contributed by atoms with Crippen LogP contribution in [0.2, 0.25) is 0 Å². The summed E-state index contributed by atoms with van der Waals surface area (Å²) < 4.78 is 0. The molecule has 0 aliphatic carbocycles. The van der Waals surface area contributed by atoms with E-state index < -0.39 is 0 Å². The molecule has 0 atom stereocenters. The lowest BCUT2D eigenvalue weighted by Crippen LogP contribution is -2.44. The fourth-order valence-corrected chi connectivity index (χ4v) is 2.14. The highest BCUT2D eigenvalue weighted by Crippen LogP contribution is 2.18. The van der Waals surface area contributed by atoms with Crippen molar-refractivity contribution >= 4 is 11.8 Å². The normalized spacial score (nSPS) is 16.4. The van der Waals surface area contributed by atoms with Crippen LogP contribution < -0.4 is 11.3 Å². The van der Waals surface area contributed by atoms with E-state index in [1.165, 1.54) is 0 Å². The maximum absolute atomic E-state index is 12.1. The van der Waals surface area contributed by atoms with Gasteiger partial charge in [0.15, 0.2) is 0 Å². The monoisotopic (exact) mass is 248 g/mol. The maximum atomic E-state index is 12.1. The molecule has 1 aromatic heterocycles. The minimum atomic E-state index is -0.147. The molecule has 0 radical (unpaired) electrons. The van der Waals surface area contributed by atoms with Crippen molar-refractivity contribution in [2.24, 2.45) is 11.8 Å². The number of hydrogen-bond acceptors (Lipinski definition) is 4. The third-order valence-electron chi connectivity index (χ3n) is 3.22. The zero-order valence-corrected chi connectivity index (χ0v) is 10.0. The van der Waals surface area contributed by atoms with Crippen LogP contribution in [-0.4, -0.2) is 34.8 Å². The molecule has 0 aromatic carbocycles. The number of likely N-dealkylation sites (tertiary alicyclic amines) is 1. The summed E-state index contributed by atoms with van der Waals surface area (Å²) in [5.74, 6) is 4.86. The van der Waals surface area contributed by atoms with Crippen molar-refractivity contribution in [3.63, 3.8) is 0 Å². The summed E-state index contributed by atoms with van der Waals surface area (Å²) in [6.07, 6.45) is 4.50. The van der Waals surface area contributed by atoms with Crippen LogP contribution in [0.25, 0.3) is 0 Å². The SMILES string of the molecule is NNC(=O)C1CCN(C(=O)c2ccncc2)CC1. The molecule has 6 heteroatoms. The second-order valence-electron chi connectivity index (χ2n) is 4.31. The molecule has 2 rings (SSSR count). The van der Waals surface area contributed by atoms with E-state index in [2.05, 4.69) is 10.4 Å². The predicted molar refractivity (Wildman–Crippen MR) is 65.2 cm³/mol. The van der Waals surface area contributed by atoms with Crippen LogP contribution in [0.1, 0.15) is 23.2 Å². The van der Waals surface area contributed by atoms with Crippen molar-refractivity contribution in [1.82, 2.24) is 15.3 Å². The molecule has 18 heavy (non-hydrogen) atoms. The highest BCUT2D eigenvalue weighted by molar-refractivity contribution is 5.94. The number of piperidine rings is 1. The summed E-state index contributed by atoms with van der Waals surface area (Å²) in [6, 6.07) is 3.39. The van der Waals surface area contributed by atoms with Crippen LogP contribution >= 0.6 is 0 Å². The molecule has 2 amide bonds. The number of nitrogens with zero attached hydrogens (tertiary/aromatic N) is 2. The number of carbonyl (C=O) groups excluding carboxylic acids is 2. The molecule has 1 aliphatic heterocycles. The molecule has 1 aliphatic rings. The number of aromatic nitrogens is 1. The molecule has 0 unspecified atom stereocenters. The van der Waals surface area contributed by atoms with Crippen LogP contribution in [0.15, 0.2) is 24.5 Å². The lowest BCUT2D eigenvalue weighted by Gasteiger charge is -2.31. The van der Waals surface area contributed by atoms with Gasteiger partial charge in [-0.15, -0.1) is 0 Å². The molecule has 2 heterocycles. The minimum Gasteiger partial charge on any atom is -0.339 e. The molecule has 6 nitrogen and oxygen atoms in total. The summed E-state index contributed by atoms with van der Waals surface area (Å²) >= 11 is 0. The molecule has 0 spiro atoms. The summed E-state index contributed by atoms with van der Waals surface area (Å²) in [4.78, 5) is 29.1. The second kappa shape index (κ2) is 5.59. The number of amides is 2. The van der Waals surface area contributed by atoms with Crippen LogP contribution in [0.5, 0.6) is 0 Å². The smallest absolute Gasteiger partial charge is 0.253 e. The highest BCUT2D eigenvalue weighted by atomic mass is 16.2. The zero-order chi connectivity index (χ0) is 13.0. The number of nitrogens with two attached hydrogens (primary N) is 1. The van der Waals surface area contributed by atoms with Gasteiger partial charge in [0, 0.05) is 37.0 Å². The molecular weight excluding hydrogens is 232 g/mol. The molecule has 0 saturated carbocycles. The van der Waals surface area contributed by atoms with Gasteiger partial charge in [-0.1, -0.05) is 0 Å². The van der Waals surface area contributed by atoms with Crippen molar-refractivity contribution in [3.05, 3.63) is 30.1 Å². The van der Waals surface area contributed by atoms with Crippen molar-refractivity contribution in [2.45, 2.75) is 12.8 Å². The van der Waals surface area contributed by atoms with E-state index in [1.54, 1.807) is 29.4 Å². The van der Waals surface area contributed by atoms with Gasteiger partial charge in [-0.3, -0.25) is 20.0 Å². The van der Waals surface area contributed by atoms with Gasteiger partial charge in [0.1, 0.15) is 0 Å².